The zero-order valence-electron chi connectivity index (χ0n) is 12.4. The van der Waals surface area contributed by atoms with Crippen LogP contribution in [0.25, 0.3) is 0 Å². The Morgan fingerprint density at radius 3 is 1.62 bits per heavy atom. The first kappa shape index (κ1) is 19.0. The van der Waals surface area contributed by atoms with Crippen LogP contribution in [0.15, 0.2) is 24.7 Å². The van der Waals surface area contributed by atoms with Gasteiger partial charge in [-0.05, 0) is 37.8 Å². The first-order chi connectivity index (χ1) is 10.0. The van der Waals surface area contributed by atoms with Crippen LogP contribution in [0.4, 0.5) is 0 Å². The van der Waals surface area contributed by atoms with Gasteiger partial charge in [-0.2, -0.15) is 0 Å². The van der Waals surface area contributed by atoms with Gasteiger partial charge in [-0.3, -0.25) is 9.59 Å². The van der Waals surface area contributed by atoms with Crippen LogP contribution in [-0.4, -0.2) is 35.4 Å². The van der Waals surface area contributed by atoms with Crippen molar-refractivity contribution in [2.75, 3.05) is 13.2 Å². The molecule has 0 aromatic carbocycles. The monoisotopic (exact) mass is 300 g/mol. The molecule has 0 aliphatic carbocycles. The van der Waals surface area contributed by atoms with E-state index in [4.69, 9.17) is 19.7 Å². The largest absolute Gasteiger partial charge is 0.502 e. The predicted molar refractivity (Wildman–Crippen MR) is 77.7 cm³/mol. The number of carboxylic acid groups (broad SMARTS) is 2. The van der Waals surface area contributed by atoms with Crippen LogP contribution in [0, 0.1) is 5.92 Å². The van der Waals surface area contributed by atoms with Crippen LogP contribution >= 0.6 is 0 Å². The maximum atomic E-state index is 9.97. The molecule has 2 N–H and O–H groups in total. The Bertz CT molecular complexity index is 314. The third-order valence-corrected chi connectivity index (χ3v) is 2.55. The SMILES string of the molecule is C1=COCCC1.C1=COCCC1.CC(CC(=O)O)C(=O)O. The molecule has 0 aromatic rings. The summed E-state index contributed by atoms with van der Waals surface area (Å²) in [5, 5.41) is 16.2. The van der Waals surface area contributed by atoms with Crippen molar-refractivity contribution in [3.05, 3.63) is 24.7 Å². The highest BCUT2D eigenvalue weighted by atomic mass is 16.5. The smallest absolute Gasteiger partial charge is 0.306 e. The van der Waals surface area contributed by atoms with Crippen molar-refractivity contribution in [1.29, 1.82) is 0 Å². The van der Waals surface area contributed by atoms with Crippen LogP contribution in [0.3, 0.4) is 0 Å². The summed E-state index contributed by atoms with van der Waals surface area (Å²) in [4.78, 5) is 19.8. The van der Waals surface area contributed by atoms with Gasteiger partial charge in [0.05, 0.1) is 38.1 Å². The zero-order chi connectivity index (χ0) is 15.9. The molecule has 0 amide bonds. The predicted octanol–water partition coefficient (Wildman–Crippen LogP) is 2.80. The first-order valence-electron chi connectivity index (χ1n) is 7.02. The van der Waals surface area contributed by atoms with Crippen molar-refractivity contribution in [3.63, 3.8) is 0 Å². The second kappa shape index (κ2) is 13.0. The lowest BCUT2D eigenvalue weighted by atomic mass is 10.1. The summed E-state index contributed by atoms with van der Waals surface area (Å²) in [6.45, 7) is 3.18. The van der Waals surface area contributed by atoms with Crippen LogP contribution in [0.1, 0.15) is 39.0 Å². The first-order valence-corrected chi connectivity index (χ1v) is 7.02. The van der Waals surface area contributed by atoms with Gasteiger partial charge in [0.2, 0.25) is 0 Å². The fraction of sp³-hybridized carbons (Fsp3) is 0.600. The second-order valence-electron chi connectivity index (χ2n) is 4.61. The minimum atomic E-state index is -1.08. The molecular formula is C15H24O6. The summed E-state index contributed by atoms with van der Waals surface area (Å²) in [7, 11) is 0. The van der Waals surface area contributed by atoms with E-state index >= 15 is 0 Å². The molecule has 2 rings (SSSR count). The molecule has 21 heavy (non-hydrogen) atoms. The van der Waals surface area contributed by atoms with E-state index in [-0.39, 0.29) is 6.42 Å². The topological polar surface area (TPSA) is 93.1 Å². The second-order valence-corrected chi connectivity index (χ2v) is 4.61. The quantitative estimate of drug-likeness (QED) is 0.832. The van der Waals surface area contributed by atoms with Crippen molar-refractivity contribution in [3.8, 4) is 0 Å². The number of hydrogen-bond donors (Lipinski definition) is 2. The molecule has 0 fully saturated rings. The number of hydrogen-bond acceptors (Lipinski definition) is 4. The zero-order valence-corrected chi connectivity index (χ0v) is 12.4. The van der Waals surface area contributed by atoms with Crippen molar-refractivity contribution < 1.29 is 29.3 Å². The van der Waals surface area contributed by atoms with E-state index in [1.165, 1.54) is 32.6 Å². The van der Waals surface area contributed by atoms with Crippen LogP contribution < -0.4 is 0 Å². The number of carboxylic acids is 2. The van der Waals surface area contributed by atoms with Gasteiger partial charge in [0.1, 0.15) is 0 Å². The van der Waals surface area contributed by atoms with Gasteiger partial charge in [0.25, 0.3) is 0 Å². The van der Waals surface area contributed by atoms with E-state index in [1.54, 1.807) is 12.5 Å². The maximum absolute atomic E-state index is 9.97. The van der Waals surface area contributed by atoms with E-state index in [9.17, 15) is 9.59 Å². The Morgan fingerprint density at radius 2 is 1.52 bits per heavy atom. The number of ether oxygens (including phenoxy) is 2. The van der Waals surface area contributed by atoms with Gasteiger partial charge in [0, 0.05) is 0 Å². The van der Waals surface area contributed by atoms with E-state index < -0.39 is 17.9 Å². The Kier molecular flexibility index (Phi) is 11.8. The van der Waals surface area contributed by atoms with Crippen LogP contribution in [0.2, 0.25) is 0 Å². The van der Waals surface area contributed by atoms with Crippen LogP contribution in [-0.2, 0) is 19.1 Å². The summed E-state index contributed by atoms with van der Waals surface area (Å²) in [5.74, 6) is -2.94. The summed E-state index contributed by atoms with van der Waals surface area (Å²) in [5.41, 5.74) is 0. The van der Waals surface area contributed by atoms with Crippen molar-refractivity contribution in [1.82, 2.24) is 0 Å². The van der Waals surface area contributed by atoms with Gasteiger partial charge >= 0.3 is 11.9 Å². The van der Waals surface area contributed by atoms with Crippen molar-refractivity contribution >= 4 is 11.9 Å². The minimum Gasteiger partial charge on any atom is -0.502 e. The molecule has 1 unspecified atom stereocenters. The third-order valence-electron chi connectivity index (χ3n) is 2.55. The van der Waals surface area contributed by atoms with Crippen LogP contribution in [0.5, 0.6) is 0 Å². The van der Waals surface area contributed by atoms with Gasteiger partial charge in [-0.1, -0.05) is 6.92 Å². The highest BCUT2D eigenvalue weighted by Gasteiger charge is 2.13. The van der Waals surface area contributed by atoms with E-state index in [1.807, 2.05) is 12.2 Å². The van der Waals surface area contributed by atoms with E-state index in [0.717, 1.165) is 13.2 Å². The molecule has 2 aliphatic heterocycles. The standard InChI is InChI=1S/C5H8O4.2C5H8O/c1-3(5(8)9)2-4(6)7;2*1-2-4-6-5-3-1/h3H,2H2,1H3,(H,6,7)(H,8,9);2*2,4H,1,3,5H2. The summed E-state index contributed by atoms with van der Waals surface area (Å²) >= 11 is 0. The molecular weight excluding hydrogens is 276 g/mol. The molecule has 0 saturated carbocycles. The number of rotatable bonds is 3. The molecule has 0 radical (unpaired) electrons. The highest BCUT2D eigenvalue weighted by molar-refractivity contribution is 5.77. The molecule has 0 spiro atoms. The fourth-order valence-electron chi connectivity index (χ4n) is 1.33. The third kappa shape index (κ3) is 14.2. The number of allylic oxidation sites excluding steroid dienone is 2. The Labute approximate surface area is 125 Å². The molecule has 0 aromatic heterocycles. The minimum absolute atomic E-state index is 0.310. The molecule has 0 saturated heterocycles. The van der Waals surface area contributed by atoms with Gasteiger partial charge < -0.3 is 19.7 Å². The lowest BCUT2D eigenvalue weighted by Gasteiger charge is -2.01. The van der Waals surface area contributed by atoms with Gasteiger partial charge in [-0.25, -0.2) is 0 Å². The van der Waals surface area contributed by atoms with Gasteiger partial charge in [0.15, 0.2) is 0 Å². The molecule has 2 heterocycles. The fourth-order valence-corrected chi connectivity index (χ4v) is 1.33. The average molecular weight is 300 g/mol. The highest BCUT2D eigenvalue weighted by Crippen LogP contribution is 2.00. The molecule has 2 aliphatic rings. The summed E-state index contributed by atoms with van der Waals surface area (Å²) in [6.07, 6.45) is 12.1. The molecule has 0 bridgehead atoms. The van der Waals surface area contributed by atoms with Crippen molar-refractivity contribution in [2.45, 2.75) is 39.0 Å². The average Bonchev–Trinajstić information content (AvgIpc) is 2.51. The van der Waals surface area contributed by atoms with E-state index in [2.05, 4.69) is 0 Å². The summed E-state index contributed by atoms with van der Waals surface area (Å²) in [6, 6.07) is 0. The van der Waals surface area contributed by atoms with Gasteiger partial charge in [-0.15, -0.1) is 0 Å². The lowest BCUT2D eigenvalue weighted by Crippen LogP contribution is -2.13. The normalized spacial score (nSPS) is 16.8. The lowest BCUT2D eigenvalue weighted by molar-refractivity contribution is -0.147. The number of carbonyl (C=O) groups is 2. The molecule has 6 heteroatoms. The molecule has 6 nitrogen and oxygen atoms in total. The summed E-state index contributed by atoms with van der Waals surface area (Å²) < 4.78 is 9.78. The Morgan fingerprint density at radius 1 is 1.05 bits per heavy atom. The molecule has 120 valence electrons. The van der Waals surface area contributed by atoms with Crippen molar-refractivity contribution in [2.24, 2.45) is 5.92 Å². The number of aliphatic carboxylic acids is 2. The molecule has 1 atom stereocenters. The maximum Gasteiger partial charge on any atom is 0.306 e. The van der Waals surface area contributed by atoms with E-state index in [0.29, 0.717) is 0 Å². The Hall–Kier alpha value is -1.98. The Balaban J connectivity index is 0.000000293.